The van der Waals surface area contributed by atoms with Crippen molar-refractivity contribution in [2.24, 2.45) is 5.92 Å². The van der Waals surface area contributed by atoms with E-state index in [-0.39, 0.29) is 6.10 Å². The van der Waals surface area contributed by atoms with E-state index in [9.17, 15) is 0 Å². The first kappa shape index (κ1) is 10.1. The summed E-state index contributed by atoms with van der Waals surface area (Å²) in [4.78, 5) is 0. The lowest BCUT2D eigenvalue weighted by molar-refractivity contribution is 0.0177. The smallest absolute Gasteiger partial charge is 0.122 e. The molecule has 2 aliphatic heterocycles. The minimum absolute atomic E-state index is 0.267. The number of fused-ring (bicyclic) bond motifs is 3. The molecule has 2 heterocycles. The van der Waals surface area contributed by atoms with Crippen LogP contribution in [0.4, 0.5) is 0 Å². The van der Waals surface area contributed by atoms with Crippen LogP contribution in [0.3, 0.4) is 0 Å². The van der Waals surface area contributed by atoms with Crippen molar-refractivity contribution in [1.29, 1.82) is 0 Å². The van der Waals surface area contributed by atoms with E-state index in [1.165, 1.54) is 5.56 Å². The van der Waals surface area contributed by atoms with Crippen molar-refractivity contribution in [3.05, 3.63) is 29.8 Å². The van der Waals surface area contributed by atoms with Crippen molar-refractivity contribution < 1.29 is 9.47 Å². The molecule has 2 aliphatic rings. The van der Waals surface area contributed by atoms with Gasteiger partial charge in [0.1, 0.15) is 5.75 Å². The summed E-state index contributed by atoms with van der Waals surface area (Å²) >= 11 is 0. The van der Waals surface area contributed by atoms with Crippen LogP contribution < -0.4 is 10.1 Å². The summed E-state index contributed by atoms with van der Waals surface area (Å²) in [6, 6.07) is 8.34. The Balaban J connectivity index is 2.00. The number of hydrogen-bond donors (Lipinski definition) is 1. The van der Waals surface area contributed by atoms with Crippen LogP contribution in [0.15, 0.2) is 24.3 Å². The fraction of sp³-hybridized carbons (Fsp3) is 0.538. The van der Waals surface area contributed by atoms with E-state index in [0.717, 1.165) is 25.4 Å². The number of benzene rings is 1. The molecule has 3 heteroatoms. The van der Waals surface area contributed by atoms with Gasteiger partial charge in [0.15, 0.2) is 0 Å². The second-order valence-corrected chi connectivity index (χ2v) is 4.57. The SMILES string of the molecule is COC1CNCC2COc3ccccc3C21. The molecule has 3 unspecified atom stereocenters. The highest BCUT2D eigenvalue weighted by Gasteiger charge is 2.39. The summed E-state index contributed by atoms with van der Waals surface area (Å²) in [5, 5.41) is 3.41. The van der Waals surface area contributed by atoms with Gasteiger partial charge in [-0.3, -0.25) is 0 Å². The maximum Gasteiger partial charge on any atom is 0.122 e. The van der Waals surface area contributed by atoms with E-state index in [2.05, 4.69) is 23.5 Å². The Morgan fingerprint density at radius 2 is 2.19 bits per heavy atom. The van der Waals surface area contributed by atoms with Crippen molar-refractivity contribution in [2.45, 2.75) is 12.0 Å². The van der Waals surface area contributed by atoms with Gasteiger partial charge in [-0.05, 0) is 6.07 Å². The van der Waals surface area contributed by atoms with Crippen molar-refractivity contribution >= 4 is 0 Å². The molecular formula is C13H17NO2. The van der Waals surface area contributed by atoms with Crippen LogP contribution in [0.25, 0.3) is 0 Å². The van der Waals surface area contributed by atoms with Gasteiger partial charge in [0.25, 0.3) is 0 Å². The van der Waals surface area contributed by atoms with Gasteiger partial charge in [-0.1, -0.05) is 18.2 Å². The fourth-order valence-electron chi connectivity index (χ4n) is 2.90. The predicted octanol–water partition coefficient (Wildman–Crippen LogP) is 1.40. The molecule has 0 bridgehead atoms. The second-order valence-electron chi connectivity index (χ2n) is 4.57. The standard InChI is InChI=1S/C13H17NO2/c1-15-12-7-14-6-9-8-16-11-5-3-2-4-10(11)13(9)12/h2-5,9,12-14H,6-8H2,1H3. The van der Waals surface area contributed by atoms with E-state index in [4.69, 9.17) is 9.47 Å². The monoisotopic (exact) mass is 219 g/mol. The largest absolute Gasteiger partial charge is 0.493 e. The van der Waals surface area contributed by atoms with E-state index < -0.39 is 0 Å². The van der Waals surface area contributed by atoms with Gasteiger partial charge in [-0.15, -0.1) is 0 Å². The Bertz CT molecular complexity index is 380. The minimum Gasteiger partial charge on any atom is -0.493 e. The molecule has 0 radical (unpaired) electrons. The molecule has 1 N–H and O–H groups in total. The number of nitrogens with one attached hydrogen (secondary N) is 1. The molecule has 1 aromatic carbocycles. The Kier molecular flexibility index (Phi) is 2.58. The topological polar surface area (TPSA) is 30.5 Å². The second kappa shape index (κ2) is 4.07. The Morgan fingerprint density at radius 1 is 1.31 bits per heavy atom. The van der Waals surface area contributed by atoms with Gasteiger partial charge in [-0.2, -0.15) is 0 Å². The highest BCUT2D eigenvalue weighted by atomic mass is 16.5. The first-order chi connectivity index (χ1) is 7.90. The molecule has 1 saturated heterocycles. The lowest BCUT2D eigenvalue weighted by Crippen LogP contribution is -2.49. The molecular weight excluding hydrogens is 202 g/mol. The third kappa shape index (κ3) is 1.51. The lowest BCUT2D eigenvalue weighted by Gasteiger charge is -2.41. The molecule has 0 saturated carbocycles. The van der Waals surface area contributed by atoms with Crippen molar-refractivity contribution in [1.82, 2.24) is 5.32 Å². The summed E-state index contributed by atoms with van der Waals surface area (Å²) in [7, 11) is 1.80. The maximum atomic E-state index is 5.79. The number of methoxy groups -OCH3 is 1. The van der Waals surface area contributed by atoms with Crippen LogP contribution in [0, 0.1) is 5.92 Å². The fourth-order valence-corrected chi connectivity index (χ4v) is 2.90. The highest BCUT2D eigenvalue weighted by Crippen LogP contribution is 2.40. The third-order valence-corrected chi connectivity index (χ3v) is 3.69. The molecule has 1 fully saturated rings. The Hall–Kier alpha value is -1.06. The zero-order chi connectivity index (χ0) is 11.0. The molecule has 3 rings (SSSR count). The molecule has 0 aromatic heterocycles. The molecule has 1 aromatic rings. The molecule has 3 atom stereocenters. The number of para-hydroxylation sites is 1. The van der Waals surface area contributed by atoms with E-state index in [1.54, 1.807) is 7.11 Å². The summed E-state index contributed by atoms with van der Waals surface area (Å²) in [5.41, 5.74) is 1.31. The number of piperidine rings is 1. The third-order valence-electron chi connectivity index (χ3n) is 3.69. The van der Waals surface area contributed by atoms with Gasteiger partial charge >= 0.3 is 0 Å². The molecule has 0 amide bonds. The van der Waals surface area contributed by atoms with Crippen molar-refractivity contribution in [3.8, 4) is 5.75 Å². The average Bonchev–Trinajstić information content (AvgIpc) is 2.37. The van der Waals surface area contributed by atoms with Crippen LogP contribution in [0.5, 0.6) is 5.75 Å². The summed E-state index contributed by atoms with van der Waals surface area (Å²) in [5.74, 6) is 2.05. The van der Waals surface area contributed by atoms with Crippen LogP contribution >= 0.6 is 0 Å². The van der Waals surface area contributed by atoms with Gasteiger partial charge in [-0.25, -0.2) is 0 Å². The number of ether oxygens (including phenoxy) is 2. The molecule has 0 aliphatic carbocycles. The van der Waals surface area contributed by atoms with Crippen molar-refractivity contribution in [2.75, 3.05) is 26.8 Å². The lowest BCUT2D eigenvalue weighted by atomic mass is 9.78. The maximum absolute atomic E-state index is 5.79. The quantitative estimate of drug-likeness (QED) is 0.774. The summed E-state index contributed by atoms with van der Waals surface area (Å²) in [6.07, 6.45) is 0.267. The summed E-state index contributed by atoms with van der Waals surface area (Å²) < 4.78 is 11.4. The summed E-state index contributed by atoms with van der Waals surface area (Å²) in [6.45, 7) is 2.76. The molecule has 0 spiro atoms. The zero-order valence-corrected chi connectivity index (χ0v) is 9.48. The number of hydrogen-bond acceptors (Lipinski definition) is 3. The highest BCUT2D eigenvalue weighted by molar-refractivity contribution is 5.39. The predicted molar refractivity (Wildman–Crippen MR) is 61.8 cm³/mol. The van der Waals surface area contributed by atoms with Gasteiger partial charge in [0.05, 0.1) is 12.7 Å². The zero-order valence-electron chi connectivity index (χ0n) is 9.48. The van der Waals surface area contributed by atoms with Gasteiger partial charge in [0, 0.05) is 37.6 Å². The normalized spacial score (nSPS) is 32.4. The molecule has 16 heavy (non-hydrogen) atoms. The number of rotatable bonds is 1. The Labute approximate surface area is 95.8 Å². The van der Waals surface area contributed by atoms with Crippen molar-refractivity contribution in [3.63, 3.8) is 0 Å². The van der Waals surface area contributed by atoms with E-state index in [1.807, 2.05) is 6.07 Å². The van der Waals surface area contributed by atoms with E-state index in [0.29, 0.717) is 11.8 Å². The van der Waals surface area contributed by atoms with Crippen LogP contribution in [-0.4, -0.2) is 32.9 Å². The van der Waals surface area contributed by atoms with Crippen LogP contribution in [0.2, 0.25) is 0 Å². The van der Waals surface area contributed by atoms with Gasteiger partial charge < -0.3 is 14.8 Å². The Morgan fingerprint density at radius 3 is 3.06 bits per heavy atom. The average molecular weight is 219 g/mol. The van der Waals surface area contributed by atoms with Crippen LogP contribution in [-0.2, 0) is 4.74 Å². The van der Waals surface area contributed by atoms with Crippen LogP contribution in [0.1, 0.15) is 11.5 Å². The molecule has 86 valence electrons. The van der Waals surface area contributed by atoms with E-state index >= 15 is 0 Å². The minimum atomic E-state index is 0.267. The molecule has 3 nitrogen and oxygen atoms in total. The first-order valence-corrected chi connectivity index (χ1v) is 5.85. The first-order valence-electron chi connectivity index (χ1n) is 5.85. The van der Waals surface area contributed by atoms with Gasteiger partial charge in [0.2, 0.25) is 0 Å².